The van der Waals surface area contributed by atoms with Crippen LogP contribution in [0.25, 0.3) is 16.7 Å². The molecule has 0 aliphatic heterocycles. The Kier molecular flexibility index (Phi) is 2.64. The van der Waals surface area contributed by atoms with Crippen LogP contribution >= 0.6 is 0 Å². The lowest BCUT2D eigenvalue weighted by atomic mass is 10.4. The van der Waals surface area contributed by atoms with Crippen molar-refractivity contribution in [3.8, 4) is 0 Å². The van der Waals surface area contributed by atoms with Crippen molar-refractivity contribution in [1.82, 2.24) is 39.1 Å². The number of aromatic nitrogens is 8. The zero-order valence-electron chi connectivity index (χ0n) is 12.3. The number of nitro groups is 1. The van der Waals surface area contributed by atoms with Crippen LogP contribution in [-0.2, 0) is 13.6 Å². The minimum absolute atomic E-state index is 0.0231. The largest absolute Gasteiger partial charge is 0.309 e. The lowest BCUT2D eigenvalue weighted by molar-refractivity contribution is -0.385. The second kappa shape index (κ2) is 4.56. The van der Waals surface area contributed by atoms with E-state index < -0.39 is 4.92 Å². The van der Waals surface area contributed by atoms with Gasteiger partial charge in [-0.2, -0.15) is 10.2 Å². The average molecular weight is 313 g/mol. The minimum Gasteiger partial charge on any atom is -0.258 e. The SMILES string of the molecule is Cc1nn(Cc2nc3c4cnn(C)c4ncn3n2)cc1[N+](=O)[O-]. The summed E-state index contributed by atoms with van der Waals surface area (Å²) in [7, 11) is 1.80. The fourth-order valence-electron chi connectivity index (χ4n) is 2.46. The van der Waals surface area contributed by atoms with Crippen LogP contribution in [0.5, 0.6) is 0 Å². The Labute approximate surface area is 128 Å². The van der Waals surface area contributed by atoms with Crippen LogP contribution in [0, 0.1) is 17.0 Å². The number of fused-ring (bicyclic) bond motifs is 3. The maximum Gasteiger partial charge on any atom is 0.309 e. The summed E-state index contributed by atoms with van der Waals surface area (Å²) in [5.41, 5.74) is 1.68. The molecule has 0 atom stereocenters. The molecule has 23 heavy (non-hydrogen) atoms. The first-order valence-corrected chi connectivity index (χ1v) is 6.73. The van der Waals surface area contributed by atoms with E-state index in [9.17, 15) is 10.1 Å². The smallest absolute Gasteiger partial charge is 0.258 e. The molecule has 116 valence electrons. The first-order valence-electron chi connectivity index (χ1n) is 6.73. The molecule has 0 aliphatic carbocycles. The van der Waals surface area contributed by atoms with Gasteiger partial charge in [-0.15, -0.1) is 5.10 Å². The van der Waals surface area contributed by atoms with Gasteiger partial charge in [-0.1, -0.05) is 0 Å². The lowest BCUT2D eigenvalue weighted by Gasteiger charge is -1.93. The van der Waals surface area contributed by atoms with Crippen LogP contribution in [-0.4, -0.2) is 44.1 Å². The van der Waals surface area contributed by atoms with Gasteiger partial charge in [0.2, 0.25) is 0 Å². The number of hydrogen-bond acceptors (Lipinski definition) is 7. The number of rotatable bonds is 3. The van der Waals surface area contributed by atoms with Crippen LogP contribution in [0.1, 0.15) is 11.5 Å². The van der Waals surface area contributed by atoms with Gasteiger partial charge in [0.15, 0.2) is 17.1 Å². The summed E-state index contributed by atoms with van der Waals surface area (Å²) in [6.07, 6.45) is 4.62. The van der Waals surface area contributed by atoms with E-state index >= 15 is 0 Å². The van der Waals surface area contributed by atoms with Crippen LogP contribution < -0.4 is 0 Å². The van der Waals surface area contributed by atoms with Crippen molar-refractivity contribution in [2.75, 3.05) is 0 Å². The van der Waals surface area contributed by atoms with Gasteiger partial charge in [0.25, 0.3) is 0 Å². The highest BCUT2D eigenvalue weighted by atomic mass is 16.6. The third-order valence-corrected chi connectivity index (χ3v) is 3.53. The predicted molar refractivity (Wildman–Crippen MR) is 77.8 cm³/mol. The van der Waals surface area contributed by atoms with Gasteiger partial charge in [-0.25, -0.2) is 14.5 Å². The van der Waals surface area contributed by atoms with Crippen molar-refractivity contribution in [1.29, 1.82) is 0 Å². The summed E-state index contributed by atoms with van der Waals surface area (Å²) >= 11 is 0. The van der Waals surface area contributed by atoms with Gasteiger partial charge in [-0.05, 0) is 6.92 Å². The van der Waals surface area contributed by atoms with E-state index in [4.69, 9.17) is 0 Å². The highest BCUT2D eigenvalue weighted by molar-refractivity contribution is 5.88. The van der Waals surface area contributed by atoms with Crippen LogP contribution in [0.4, 0.5) is 5.69 Å². The third kappa shape index (κ3) is 2.01. The first kappa shape index (κ1) is 13.3. The van der Waals surface area contributed by atoms with Crippen molar-refractivity contribution in [3.63, 3.8) is 0 Å². The number of hydrogen-bond donors (Lipinski definition) is 0. The van der Waals surface area contributed by atoms with Gasteiger partial charge in [0, 0.05) is 7.05 Å². The van der Waals surface area contributed by atoms with Crippen LogP contribution in [0.15, 0.2) is 18.7 Å². The van der Waals surface area contributed by atoms with Crippen LogP contribution in [0.3, 0.4) is 0 Å². The molecule has 0 saturated heterocycles. The van der Waals surface area contributed by atoms with E-state index in [-0.39, 0.29) is 12.2 Å². The molecular weight excluding hydrogens is 302 g/mol. The molecule has 0 unspecified atom stereocenters. The quantitative estimate of drug-likeness (QED) is 0.398. The van der Waals surface area contributed by atoms with Crippen LogP contribution in [0.2, 0.25) is 0 Å². The standard InChI is InChI=1S/C12H11N9O2/c1-7-9(21(22)23)4-19(16-7)5-10-15-12-8-3-14-18(2)11(8)13-6-20(12)17-10/h3-4,6H,5H2,1-2H3. The Morgan fingerprint density at radius 3 is 2.87 bits per heavy atom. The van der Waals surface area contributed by atoms with Gasteiger partial charge in [-0.3, -0.25) is 19.5 Å². The molecule has 0 fully saturated rings. The topological polar surface area (TPSA) is 122 Å². The summed E-state index contributed by atoms with van der Waals surface area (Å²) in [5.74, 6) is 0.487. The Hall–Kier alpha value is -3.37. The Morgan fingerprint density at radius 2 is 2.13 bits per heavy atom. The van der Waals surface area contributed by atoms with E-state index in [0.717, 1.165) is 5.39 Å². The molecular formula is C12H11N9O2. The zero-order chi connectivity index (χ0) is 16.1. The normalized spacial score (nSPS) is 11.6. The Balaban J connectivity index is 1.76. The molecule has 0 bridgehead atoms. The summed E-state index contributed by atoms with van der Waals surface area (Å²) in [5, 5.41) is 24.3. The molecule has 0 amide bonds. The average Bonchev–Trinajstić information content (AvgIpc) is 3.16. The summed E-state index contributed by atoms with van der Waals surface area (Å²) in [6, 6.07) is 0. The van der Waals surface area contributed by atoms with E-state index in [1.165, 1.54) is 10.9 Å². The third-order valence-electron chi connectivity index (χ3n) is 3.53. The maximum absolute atomic E-state index is 10.9. The second-order valence-corrected chi connectivity index (χ2v) is 5.10. The van der Waals surface area contributed by atoms with Crippen molar-refractivity contribution < 1.29 is 4.92 Å². The van der Waals surface area contributed by atoms with E-state index in [2.05, 4.69) is 25.3 Å². The van der Waals surface area contributed by atoms with Crippen molar-refractivity contribution in [2.45, 2.75) is 13.5 Å². The molecule has 0 aliphatic rings. The highest BCUT2D eigenvalue weighted by Crippen LogP contribution is 2.17. The van der Waals surface area contributed by atoms with Crippen molar-refractivity contribution in [3.05, 3.63) is 40.4 Å². The number of nitrogens with zero attached hydrogens (tertiary/aromatic N) is 9. The minimum atomic E-state index is -0.459. The van der Waals surface area contributed by atoms with E-state index in [1.807, 2.05) is 0 Å². The first-order chi connectivity index (χ1) is 11.0. The van der Waals surface area contributed by atoms with Gasteiger partial charge < -0.3 is 0 Å². The summed E-state index contributed by atoms with van der Waals surface area (Å²) in [4.78, 5) is 19.2. The fraction of sp³-hybridized carbons (Fsp3) is 0.250. The Bertz CT molecular complexity index is 1060. The molecule has 4 rings (SSSR count). The Morgan fingerprint density at radius 1 is 1.30 bits per heavy atom. The monoisotopic (exact) mass is 313 g/mol. The summed E-state index contributed by atoms with van der Waals surface area (Å²) in [6.45, 7) is 1.83. The molecule has 4 aromatic heterocycles. The molecule has 0 spiro atoms. The highest BCUT2D eigenvalue weighted by Gasteiger charge is 2.17. The summed E-state index contributed by atoms with van der Waals surface area (Å²) < 4.78 is 4.67. The number of aryl methyl sites for hydroxylation is 2. The molecule has 4 aromatic rings. The maximum atomic E-state index is 10.9. The lowest BCUT2D eigenvalue weighted by Crippen LogP contribution is -2.02. The van der Waals surface area contributed by atoms with E-state index in [1.54, 1.807) is 35.7 Å². The molecule has 11 heteroatoms. The van der Waals surface area contributed by atoms with E-state index in [0.29, 0.717) is 22.8 Å². The molecule has 11 nitrogen and oxygen atoms in total. The predicted octanol–water partition coefficient (Wildman–Crippen LogP) is 0.472. The zero-order valence-corrected chi connectivity index (χ0v) is 12.3. The van der Waals surface area contributed by atoms with Gasteiger partial charge >= 0.3 is 5.69 Å². The van der Waals surface area contributed by atoms with Gasteiger partial charge in [0.1, 0.15) is 24.8 Å². The molecule has 0 saturated carbocycles. The van der Waals surface area contributed by atoms with Gasteiger partial charge in [0.05, 0.1) is 16.5 Å². The molecule has 0 N–H and O–H groups in total. The fourth-order valence-corrected chi connectivity index (χ4v) is 2.46. The van der Waals surface area contributed by atoms with Crippen molar-refractivity contribution >= 4 is 22.4 Å². The van der Waals surface area contributed by atoms with Crippen molar-refractivity contribution in [2.24, 2.45) is 7.05 Å². The molecule has 4 heterocycles. The molecule has 0 radical (unpaired) electrons. The second-order valence-electron chi connectivity index (χ2n) is 5.10. The molecule has 0 aromatic carbocycles.